The number of anilines is 2. The molecule has 2 amide bonds. The zero-order chi connectivity index (χ0) is 17.6. The molecule has 2 heterocycles. The van der Waals surface area contributed by atoms with E-state index in [0.29, 0.717) is 22.6 Å². The van der Waals surface area contributed by atoms with Gasteiger partial charge in [0.2, 0.25) is 0 Å². The minimum Gasteiger partial charge on any atom is -0.322 e. The molecule has 0 saturated carbocycles. The van der Waals surface area contributed by atoms with E-state index in [1.54, 1.807) is 48.7 Å². The molecule has 2 N–H and O–H groups in total. The van der Waals surface area contributed by atoms with Gasteiger partial charge in [0, 0.05) is 29.3 Å². The van der Waals surface area contributed by atoms with Crippen LogP contribution >= 0.6 is 0 Å². The van der Waals surface area contributed by atoms with Gasteiger partial charge < -0.3 is 10.6 Å². The Balaban J connectivity index is 1.72. The van der Waals surface area contributed by atoms with Crippen LogP contribution in [0.15, 0.2) is 67.0 Å². The fourth-order valence-corrected chi connectivity index (χ4v) is 2.24. The molecule has 0 unspecified atom stereocenters. The molecule has 6 heteroatoms. The standard InChI is InChI=1S/C19H16N4O2/c1-13-5-2-9-17(21-13)23-18(24)14-6-3-8-16(11-14)22-19(25)15-7-4-10-20-12-15/h2-12H,1H3,(H,22,25)(H,21,23,24). The molecule has 3 aromatic rings. The first kappa shape index (κ1) is 16.3. The fraction of sp³-hybridized carbons (Fsp3) is 0.0526. The summed E-state index contributed by atoms with van der Waals surface area (Å²) in [6, 6.07) is 15.5. The van der Waals surface area contributed by atoms with Crippen LogP contribution in [-0.2, 0) is 0 Å². The molecule has 0 bridgehead atoms. The van der Waals surface area contributed by atoms with Crippen molar-refractivity contribution >= 4 is 23.3 Å². The van der Waals surface area contributed by atoms with Gasteiger partial charge in [0.1, 0.15) is 5.82 Å². The zero-order valence-electron chi connectivity index (χ0n) is 13.6. The SMILES string of the molecule is Cc1cccc(NC(=O)c2cccc(NC(=O)c3cccnc3)c2)n1. The summed E-state index contributed by atoms with van der Waals surface area (Å²) in [5.41, 5.74) is 2.21. The Kier molecular flexibility index (Phi) is 4.80. The second kappa shape index (κ2) is 7.35. The van der Waals surface area contributed by atoms with Crippen molar-refractivity contribution < 1.29 is 9.59 Å². The summed E-state index contributed by atoms with van der Waals surface area (Å²) in [5, 5.41) is 5.49. The highest BCUT2D eigenvalue weighted by Crippen LogP contribution is 2.14. The lowest BCUT2D eigenvalue weighted by atomic mass is 10.1. The van der Waals surface area contributed by atoms with Gasteiger partial charge in [0.15, 0.2) is 0 Å². The third kappa shape index (κ3) is 4.26. The summed E-state index contributed by atoms with van der Waals surface area (Å²) in [6.07, 6.45) is 3.08. The van der Waals surface area contributed by atoms with E-state index in [-0.39, 0.29) is 11.8 Å². The van der Waals surface area contributed by atoms with E-state index in [1.807, 2.05) is 19.1 Å². The first-order chi connectivity index (χ1) is 12.1. The number of aromatic nitrogens is 2. The number of carbonyl (C=O) groups excluding carboxylic acids is 2. The molecule has 0 aliphatic carbocycles. The number of pyridine rings is 2. The maximum Gasteiger partial charge on any atom is 0.257 e. The molecule has 25 heavy (non-hydrogen) atoms. The van der Waals surface area contributed by atoms with Crippen LogP contribution in [-0.4, -0.2) is 21.8 Å². The van der Waals surface area contributed by atoms with E-state index >= 15 is 0 Å². The van der Waals surface area contributed by atoms with Crippen molar-refractivity contribution in [3.05, 3.63) is 83.8 Å². The van der Waals surface area contributed by atoms with Gasteiger partial charge >= 0.3 is 0 Å². The molecular weight excluding hydrogens is 316 g/mol. The number of nitrogens with zero attached hydrogens (tertiary/aromatic N) is 2. The minimum absolute atomic E-state index is 0.286. The largest absolute Gasteiger partial charge is 0.322 e. The average Bonchev–Trinajstić information content (AvgIpc) is 2.62. The Labute approximate surface area is 145 Å². The number of rotatable bonds is 4. The number of nitrogens with one attached hydrogen (secondary N) is 2. The lowest BCUT2D eigenvalue weighted by molar-refractivity contribution is 0.101. The number of aryl methyl sites for hydroxylation is 1. The Bertz CT molecular complexity index is 910. The summed E-state index contributed by atoms with van der Waals surface area (Å²) < 4.78 is 0. The van der Waals surface area contributed by atoms with Gasteiger partial charge in [-0.25, -0.2) is 4.98 Å². The molecule has 1 aromatic carbocycles. The molecule has 0 saturated heterocycles. The van der Waals surface area contributed by atoms with Gasteiger partial charge in [-0.05, 0) is 49.4 Å². The van der Waals surface area contributed by atoms with Crippen LogP contribution in [0.2, 0.25) is 0 Å². The molecule has 0 aliphatic heterocycles. The zero-order valence-corrected chi connectivity index (χ0v) is 13.6. The third-order valence-electron chi connectivity index (χ3n) is 3.44. The Morgan fingerprint density at radius 1 is 0.880 bits per heavy atom. The van der Waals surface area contributed by atoms with E-state index in [4.69, 9.17) is 0 Å². The summed E-state index contributed by atoms with van der Waals surface area (Å²) >= 11 is 0. The van der Waals surface area contributed by atoms with E-state index in [0.717, 1.165) is 5.69 Å². The third-order valence-corrected chi connectivity index (χ3v) is 3.44. The molecule has 3 rings (SSSR count). The lowest BCUT2D eigenvalue weighted by Gasteiger charge is -2.08. The predicted octanol–water partition coefficient (Wildman–Crippen LogP) is 3.29. The van der Waals surface area contributed by atoms with E-state index in [9.17, 15) is 9.59 Å². The van der Waals surface area contributed by atoms with Crippen molar-refractivity contribution in [2.24, 2.45) is 0 Å². The number of hydrogen-bond donors (Lipinski definition) is 2. The van der Waals surface area contributed by atoms with Gasteiger partial charge in [0.25, 0.3) is 11.8 Å². The molecule has 0 fully saturated rings. The number of hydrogen-bond acceptors (Lipinski definition) is 4. The first-order valence-electron chi connectivity index (χ1n) is 7.68. The van der Waals surface area contributed by atoms with Crippen molar-refractivity contribution in [1.82, 2.24) is 9.97 Å². The topological polar surface area (TPSA) is 84.0 Å². The summed E-state index contributed by atoms with van der Waals surface area (Å²) in [7, 11) is 0. The van der Waals surface area contributed by atoms with Gasteiger partial charge in [-0.15, -0.1) is 0 Å². The number of benzene rings is 1. The Hall–Kier alpha value is -3.54. The molecule has 124 valence electrons. The van der Waals surface area contributed by atoms with E-state index in [1.165, 1.54) is 6.20 Å². The van der Waals surface area contributed by atoms with Crippen molar-refractivity contribution in [2.45, 2.75) is 6.92 Å². The smallest absolute Gasteiger partial charge is 0.257 e. The van der Waals surface area contributed by atoms with E-state index in [2.05, 4.69) is 20.6 Å². The maximum atomic E-state index is 12.4. The Morgan fingerprint density at radius 3 is 2.40 bits per heavy atom. The summed E-state index contributed by atoms with van der Waals surface area (Å²) in [6.45, 7) is 1.85. The van der Waals surface area contributed by atoms with Crippen LogP contribution in [0.5, 0.6) is 0 Å². The van der Waals surface area contributed by atoms with Crippen molar-refractivity contribution in [1.29, 1.82) is 0 Å². The van der Waals surface area contributed by atoms with Gasteiger partial charge in [-0.2, -0.15) is 0 Å². The molecule has 2 aromatic heterocycles. The van der Waals surface area contributed by atoms with Crippen LogP contribution in [0.25, 0.3) is 0 Å². The molecule has 0 radical (unpaired) electrons. The second-order valence-corrected chi connectivity index (χ2v) is 5.39. The first-order valence-corrected chi connectivity index (χ1v) is 7.68. The molecular formula is C19H16N4O2. The molecule has 6 nitrogen and oxygen atoms in total. The van der Waals surface area contributed by atoms with Gasteiger partial charge in [-0.1, -0.05) is 12.1 Å². The number of amides is 2. The van der Waals surface area contributed by atoms with Crippen molar-refractivity contribution in [2.75, 3.05) is 10.6 Å². The summed E-state index contributed by atoms with van der Waals surface area (Å²) in [4.78, 5) is 32.7. The summed E-state index contributed by atoms with van der Waals surface area (Å²) in [5.74, 6) is -0.101. The Morgan fingerprint density at radius 2 is 1.64 bits per heavy atom. The fourth-order valence-electron chi connectivity index (χ4n) is 2.24. The minimum atomic E-state index is -0.296. The van der Waals surface area contributed by atoms with Crippen LogP contribution in [0.1, 0.15) is 26.4 Å². The van der Waals surface area contributed by atoms with Crippen molar-refractivity contribution in [3.63, 3.8) is 0 Å². The van der Waals surface area contributed by atoms with Crippen LogP contribution in [0.4, 0.5) is 11.5 Å². The van der Waals surface area contributed by atoms with Gasteiger partial charge in [-0.3, -0.25) is 14.6 Å². The lowest BCUT2D eigenvalue weighted by Crippen LogP contribution is -2.15. The number of carbonyl (C=O) groups is 2. The predicted molar refractivity (Wildman–Crippen MR) is 95.6 cm³/mol. The quantitative estimate of drug-likeness (QED) is 0.768. The van der Waals surface area contributed by atoms with Crippen LogP contribution in [0.3, 0.4) is 0 Å². The molecule has 0 aliphatic rings. The van der Waals surface area contributed by atoms with Crippen LogP contribution in [0, 0.1) is 6.92 Å². The second-order valence-electron chi connectivity index (χ2n) is 5.39. The van der Waals surface area contributed by atoms with Gasteiger partial charge in [0.05, 0.1) is 5.56 Å². The normalized spacial score (nSPS) is 10.1. The van der Waals surface area contributed by atoms with Crippen LogP contribution < -0.4 is 10.6 Å². The highest BCUT2D eigenvalue weighted by atomic mass is 16.2. The highest BCUT2D eigenvalue weighted by molar-refractivity contribution is 6.07. The molecule has 0 spiro atoms. The highest BCUT2D eigenvalue weighted by Gasteiger charge is 2.10. The molecule has 0 atom stereocenters. The van der Waals surface area contributed by atoms with E-state index < -0.39 is 0 Å². The van der Waals surface area contributed by atoms with Crippen molar-refractivity contribution in [3.8, 4) is 0 Å². The average molecular weight is 332 g/mol. The maximum absolute atomic E-state index is 12.4. The monoisotopic (exact) mass is 332 g/mol.